The minimum atomic E-state index is -0.435. The van der Waals surface area contributed by atoms with Crippen LogP contribution in [0.1, 0.15) is 5.56 Å². The minimum Gasteiger partial charge on any atom is -0.508 e. The third kappa shape index (κ3) is 1.29. The fourth-order valence-corrected chi connectivity index (χ4v) is 1.05. The summed E-state index contributed by atoms with van der Waals surface area (Å²) in [5, 5.41) is 9.01. The summed E-state index contributed by atoms with van der Waals surface area (Å²) in [6, 6.07) is 2.40. The van der Waals surface area contributed by atoms with Gasteiger partial charge in [0.15, 0.2) is 0 Å². The van der Waals surface area contributed by atoms with Crippen LogP contribution in [0.25, 0.3) is 0 Å². The maximum Gasteiger partial charge on any atom is 0.128 e. The molecule has 1 rings (SSSR count). The summed E-state index contributed by atoms with van der Waals surface area (Å²) in [5.74, 6) is -0.457. The number of hydrogen-bond acceptors (Lipinski definition) is 1. The lowest BCUT2D eigenvalue weighted by molar-refractivity contribution is 0.464. The third-order valence-corrected chi connectivity index (χ3v) is 2.11. The second kappa shape index (κ2) is 2.58. The van der Waals surface area contributed by atoms with E-state index in [1.165, 1.54) is 6.07 Å². The van der Waals surface area contributed by atoms with Gasteiger partial charge in [-0.05, 0) is 13.0 Å². The molecule has 1 nitrogen and oxygen atoms in total. The summed E-state index contributed by atoms with van der Waals surface area (Å²) in [6.07, 6.45) is 0. The lowest BCUT2D eigenvalue weighted by atomic mass is 10.2. The van der Waals surface area contributed by atoms with E-state index >= 15 is 0 Å². The van der Waals surface area contributed by atoms with Crippen LogP contribution in [-0.2, 0) is 0 Å². The molecule has 1 N–H and O–H groups in total. The predicted octanol–water partition coefficient (Wildman–Crippen LogP) is 2.60. The second-order valence-electron chi connectivity index (χ2n) is 2.03. The fourth-order valence-electron chi connectivity index (χ4n) is 0.632. The van der Waals surface area contributed by atoms with Crippen molar-refractivity contribution in [1.82, 2.24) is 0 Å². The Morgan fingerprint density at radius 3 is 2.60 bits per heavy atom. The number of hydrogen-bond donors (Lipinski definition) is 1. The van der Waals surface area contributed by atoms with Crippen molar-refractivity contribution < 1.29 is 9.50 Å². The summed E-state index contributed by atoms with van der Waals surface area (Å²) < 4.78 is 13.0. The van der Waals surface area contributed by atoms with Crippen molar-refractivity contribution in [3.63, 3.8) is 0 Å². The molecule has 0 atom stereocenters. The molecule has 3 heteroatoms. The molecule has 54 valence electrons. The molecule has 10 heavy (non-hydrogen) atoms. The van der Waals surface area contributed by atoms with Gasteiger partial charge in [-0.25, -0.2) is 4.39 Å². The highest BCUT2D eigenvalue weighted by Crippen LogP contribution is 2.25. The van der Waals surface area contributed by atoms with E-state index in [0.717, 1.165) is 6.07 Å². The van der Waals surface area contributed by atoms with Gasteiger partial charge in [0.2, 0.25) is 0 Å². The Morgan fingerprint density at radius 2 is 2.10 bits per heavy atom. The molecular formula is C7H6BrFO. The highest BCUT2D eigenvalue weighted by Gasteiger charge is 2.02. The molecular weight excluding hydrogens is 199 g/mol. The van der Waals surface area contributed by atoms with Gasteiger partial charge in [-0.3, -0.25) is 0 Å². The highest BCUT2D eigenvalue weighted by atomic mass is 79.9. The van der Waals surface area contributed by atoms with Crippen molar-refractivity contribution in [2.24, 2.45) is 0 Å². The molecule has 0 bridgehead atoms. The van der Waals surface area contributed by atoms with E-state index < -0.39 is 5.82 Å². The van der Waals surface area contributed by atoms with Crippen LogP contribution in [0.3, 0.4) is 0 Å². The number of rotatable bonds is 0. The minimum absolute atomic E-state index is 0.0214. The summed E-state index contributed by atoms with van der Waals surface area (Å²) in [5.41, 5.74) is 0.654. The van der Waals surface area contributed by atoms with Gasteiger partial charge in [0.1, 0.15) is 11.6 Å². The Balaban J connectivity index is 3.31. The first kappa shape index (κ1) is 7.54. The van der Waals surface area contributed by atoms with Crippen LogP contribution in [0, 0.1) is 12.7 Å². The maximum atomic E-state index is 12.4. The van der Waals surface area contributed by atoms with E-state index in [2.05, 4.69) is 15.9 Å². The number of halogens is 2. The average molecular weight is 205 g/mol. The van der Waals surface area contributed by atoms with Crippen LogP contribution < -0.4 is 0 Å². The first-order chi connectivity index (χ1) is 4.61. The van der Waals surface area contributed by atoms with E-state index in [-0.39, 0.29) is 5.75 Å². The van der Waals surface area contributed by atoms with Crippen molar-refractivity contribution in [1.29, 1.82) is 0 Å². The Labute approximate surface area is 66.6 Å². The standard InChI is InChI=1S/C7H6BrFO/c1-4-6(8)2-5(9)3-7(4)10/h2-3,10H,1H3. The largest absolute Gasteiger partial charge is 0.508 e. The number of aromatic hydroxyl groups is 1. The third-order valence-electron chi connectivity index (χ3n) is 1.28. The number of phenols is 1. The van der Waals surface area contributed by atoms with Crippen molar-refractivity contribution in [2.45, 2.75) is 6.92 Å². The molecule has 0 saturated carbocycles. The van der Waals surface area contributed by atoms with Gasteiger partial charge in [-0.2, -0.15) is 0 Å². The molecule has 0 fully saturated rings. The highest BCUT2D eigenvalue weighted by molar-refractivity contribution is 9.10. The molecule has 0 heterocycles. The van der Waals surface area contributed by atoms with E-state index in [4.69, 9.17) is 5.11 Å². The number of benzene rings is 1. The summed E-state index contributed by atoms with van der Waals surface area (Å²) in [7, 11) is 0. The van der Waals surface area contributed by atoms with Crippen LogP contribution in [0.2, 0.25) is 0 Å². The predicted molar refractivity (Wildman–Crippen MR) is 40.5 cm³/mol. The summed E-state index contributed by atoms with van der Waals surface area (Å²) in [4.78, 5) is 0. The topological polar surface area (TPSA) is 20.2 Å². The molecule has 0 saturated heterocycles. The maximum absolute atomic E-state index is 12.4. The first-order valence-electron chi connectivity index (χ1n) is 2.76. The monoisotopic (exact) mass is 204 g/mol. The Bertz CT molecular complexity index is 237. The number of phenolic OH excluding ortho intramolecular Hbond substituents is 1. The molecule has 0 spiro atoms. The molecule has 0 aromatic heterocycles. The SMILES string of the molecule is Cc1c(O)cc(F)cc1Br. The van der Waals surface area contributed by atoms with E-state index in [9.17, 15) is 4.39 Å². The molecule has 1 aromatic rings. The van der Waals surface area contributed by atoms with Gasteiger partial charge >= 0.3 is 0 Å². The van der Waals surface area contributed by atoms with Gasteiger partial charge in [-0.15, -0.1) is 0 Å². The van der Waals surface area contributed by atoms with Gasteiger partial charge in [-0.1, -0.05) is 15.9 Å². The van der Waals surface area contributed by atoms with Gasteiger partial charge in [0.05, 0.1) is 0 Å². The smallest absolute Gasteiger partial charge is 0.128 e. The van der Waals surface area contributed by atoms with Crippen LogP contribution in [0.15, 0.2) is 16.6 Å². The van der Waals surface area contributed by atoms with Gasteiger partial charge in [0, 0.05) is 16.1 Å². The lowest BCUT2D eigenvalue weighted by Gasteiger charge is -1.99. The van der Waals surface area contributed by atoms with Crippen molar-refractivity contribution >= 4 is 15.9 Å². The Hall–Kier alpha value is -0.570. The van der Waals surface area contributed by atoms with Crippen LogP contribution in [-0.4, -0.2) is 5.11 Å². The Kier molecular flexibility index (Phi) is 1.94. The molecule has 0 aliphatic rings. The van der Waals surface area contributed by atoms with Gasteiger partial charge in [0.25, 0.3) is 0 Å². The molecule has 0 aliphatic heterocycles. The van der Waals surface area contributed by atoms with E-state index in [1.54, 1.807) is 6.92 Å². The molecule has 0 amide bonds. The molecule has 0 radical (unpaired) electrons. The lowest BCUT2D eigenvalue weighted by Crippen LogP contribution is -1.79. The summed E-state index contributed by atoms with van der Waals surface area (Å²) in [6.45, 7) is 1.71. The normalized spacial score (nSPS) is 9.90. The Morgan fingerprint density at radius 1 is 1.50 bits per heavy atom. The quantitative estimate of drug-likeness (QED) is 0.690. The zero-order chi connectivity index (χ0) is 7.72. The molecule has 1 aromatic carbocycles. The van der Waals surface area contributed by atoms with Crippen LogP contribution in [0.4, 0.5) is 4.39 Å². The van der Waals surface area contributed by atoms with E-state index in [1.807, 2.05) is 0 Å². The van der Waals surface area contributed by atoms with Crippen molar-refractivity contribution in [3.05, 3.63) is 28.0 Å². The van der Waals surface area contributed by atoms with E-state index in [0.29, 0.717) is 10.0 Å². The van der Waals surface area contributed by atoms with Gasteiger partial charge < -0.3 is 5.11 Å². The zero-order valence-corrected chi connectivity index (χ0v) is 6.94. The molecule has 0 unspecified atom stereocenters. The summed E-state index contributed by atoms with van der Waals surface area (Å²) >= 11 is 3.10. The molecule has 0 aliphatic carbocycles. The van der Waals surface area contributed by atoms with Crippen molar-refractivity contribution in [2.75, 3.05) is 0 Å². The fraction of sp³-hybridized carbons (Fsp3) is 0.143. The average Bonchev–Trinajstić information content (AvgIpc) is 1.82. The van der Waals surface area contributed by atoms with Crippen LogP contribution >= 0.6 is 15.9 Å². The van der Waals surface area contributed by atoms with Crippen LogP contribution in [0.5, 0.6) is 5.75 Å². The zero-order valence-electron chi connectivity index (χ0n) is 5.36. The van der Waals surface area contributed by atoms with Crippen molar-refractivity contribution in [3.8, 4) is 5.75 Å². The first-order valence-corrected chi connectivity index (χ1v) is 3.55. The second-order valence-corrected chi connectivity index (χ2v) is 2.89.